The van der Waals surface area contributed by atoms with Crippen LogP contribution in [0.25, 0.3) is 11.0 Å². The molecule has 0 aliphatic heterocycles. The lowest BCUT2D eigenvalue weighted by Crippen LogP contribution is -2.37. The molecule has 2 amide bonds. The number of nitrogens with zero attached hydrogens (tertiary/aromatic N) is 3. The topological polar surface area (TPSA) is 173 Å². The van der Waals surface area contributed by atoms with Crippen LogP contribution in [0.3, 0.4) is 0 Å². The second kappa shape index (κ2) is 11.3. The number of aromatic nitrogens is 3. The fourth-order valence-corrected chi connectivity index (χ4v) is 3.13. The van der Waals surface area contributed by atoms with Gasteiger partial charge in [0.15, 0.2) is 5.69 Å². The second-order valence-electron chi connectivity index (χ2n) is 6.94. The average Bonchev–Trinajstić information content (AvgIpc) is 2.79. The van der Waals surface area contributed by atoms with E-state index in [2.05, 4.69) is 42.7 Å². The molecule has 0 aliphatic rings. The Labute approximate surface area is 199 Å². The van der Waals surface area contributed by atoms with Gasteiger partial charge in [-0.25, -0.2) is 14.5 Å². The molecule has 1 unspecified atom stereocenters. The van der Waals surface area contributed by atoms with Gasteiger partial charge in [0.05, 0.1) is 28.2 Å². The fourth-order valence-electron chi connectivity index (χ4n) is 2.66. The number of carbonyl (C=O) groups is 2. The van der Waals surface area contributed by atoms with Gasteiger partial charge in [-0.15, -0.1) is 0 Å². The lowest BCUT2D eigenvalue weighted by Gasteiger charge is -2.12. The molecule has 0 saturated carbocycles. The molecule has 2 heterocycles. The first-order chi connectivity index (χ1) is 16.1. The minimum absolute atomic E-state index is 0.0263. The van der Waals surface area contributed by atoms with E-state index < -0.39 is 19.0 Å². The first kappa shape index (κ1) is 25.4. The lowest BCUT2D eigenvalue weighted by molar-refractivity contribution is -0.120. The Kier molecular flexibility index (Phi) is 8.40. The van der Waals surface area contributed by atoms with Gasteiger partial charge in [0.2, 0.25) is 11.8 Å². The highest BCUT2D eigenvalue weighted by Gasteiger charge is 2.19. The summed E-state index contributed by atoms with van der Waals surface area (Å²) in [4.78, 5) is 54.8. The van der Waals surface area contributed by atoms with Crippen molar-refractivity contribution in [2.45, 2.75) is 18.8 Å². The quantitative estimate of drug-likeness (QED) is 0.153. The van der Waals surface area contributed by atoms with Crippen molar-refractivity contribution in [3.8, 4) is 11.6 Å². The van der Waals surface area contributed by atoms with Crippen LogP contribution in [0.2, 0.25) is 0 Å². The van der Waals surface area contributed by atoms with Crippen molar-refractivity contribution >= 4 is 43.3 Å². The van der Waals surface area contributed by atoms with Crippen molar-refractivity contribution < 1.29 is 33.2 Å². The number of fused-ring (bicyclic) bond motifs is 1. The Bertz CT molecular complexity index is 1220. The molecule has 0 spiro atoms. The number of thiol groups is 1. The third kappa shape index (κ3) is 7.39. The van der Waals surface area contributed by atoms with Crippen LogP contribution in [-0.4, -0.2) is 54.9 Å². The van der Waals surface area contributed by atoms with E-state index in [9.17, 15) is 14.2 Å². The molecule has 0 bridgehead atoms. The van der Waals surface area contributed by atoms with Crippen LogP contribution in [0.4, 0.5) is 0 Å². The van der Waals surface area contributed by atoms with Crippen LogP contribution < -0.4 is 19.9 Å². The number of phosphoric acid groups is 1. The molecule has 3 rings (SSSR count). The molecule has 4 N–H and O–H groups in total. The van der Waals surface area contributed by atoms with Gasteiger partial charge in [-0.2, -0.15) is 12.6 Å². The zero-order valence-corrected chi connectivity index (χ0v) is 19.7. The molecule has 0 saturated heterocycles. The molecule has 1 aromatic carbocycles. The van der Waals surface area contributed by atoms with Gasteiger partial charge < -0.3 is 19.9 Å². The minimum atomic E-state index is -4.69. The molecule has 0 aliphatic carbocycles. The van der Waals surface area contributed by atoms with Crippen molar-refractivity contribution in [3.05, 3.63) is 54.0 Å². The van der Waals surface area contributed by atoms with Crippen molar-refractivity contribution in [3.63, 3.8) is 0 Å². The number of pyridine rings is 1. The summed E-state index contributed by atoms with van der Waals surface area (Å²) in [6.45, 7) is 1.90. The molecular formula is C20H22N5O7PS. The molecular weight excluding hydrogens is 485 g/mol. The number of ether oxygens (including phenoxy) is 1. The molecule has 12 nitrogen and oxygen atoms in total. The largest absolute Gasteiger partial charge is 0.524 e. The lowest BCUT2D eigenvalue weighted by atomic mass is 10.3. The smallest absolute Gasteiger partial charge is 0.469 e. The molecule has 34 heavy (non-hydrogen) atoms. The van der Waals surface area contributed by atoms with Gasteiger partial charge in [-0.05, 0) is 31.2 Å². The van der Waals surface area contributed by atoms with E-state index in [-0.39, 0.29) is 42.9 Å². The molecule has 0 radical (unpaired) electrons. The van der Waals surface area contributed by atoms with E-state index in [1.807, 2.05) is 0 Å². The highest BCUT2D eigenvalue weighted by atomic mass is 32.1. The Morgan fingerprint density at radius 3 is 2.38 bits per heavy atom. The number of hydrogen-bond acceptors (Lipinski definition) is 9. The maximum Gasteiger partial charge on any atom is 0.524 e. The van der Waals surface area contributed by atoms with E-state index in [0.717, 1.165) is 6.20 Å². The number of nitrogens with one attached hydrogen (secondary N) is 2. The SMILES string of the molecule is CC(S)C(=O)NCCNC(=O)c1nc2ccccc2nc1OCc1ccc(OP(=O)(O)O)cn1. The summed E-state index contributed by atoms with van der Waals surface area (Å²) in [7, 11) is -4.69. The number of rotatable bonds is 10. The van der Waals surface area contributed by atoms with Crippen molar-refractivity contribution in [1.82, 2.24) is 25.6 Å². The Morgan fingerprint density at radius 2 is 1.76 bits per heavy atom. The van der Waals surface area contributed by atoms with Crippen molar-refractivity contribution in [2.75, 3.05) is 13.1 Å². The minimum Gasteiger partial charge on any atom is -0.469 e. The summed E-state index contributed by atoms with van der Waals surface area (Å²) in [6, 6.07) is 9.73. The summed E-state index contributed by atoms with van der Waals surface area (Å²) in [5.74, 6) is -0.930. The van der Waals surface area contributed by atoms with Crippen LogP contribution in [0.1, 0.15) is 23.1 Å². The third-order valence-corrected chi connectivity index (χ3v) is 4.90. The van der Waals surface area contributed by atoms with Gasteiger partial charge in [0, 0.05) is 13.1 Å². The Hall–Kier alpha value is -3.25. The van der Waals surface area contributed by atoms with E-state index >= 15 is 0 Å². The highest BCUT2D eigenvalue weighted by Crippen LogP contribution is 2.37. The predicted octanol–water partition coefficient (Wildman–Crippen LogP) is 1.24. The van der Waals surface area contributed by atoms with Gasteiger partial charge in [0.25, 0.3) is 5.91 Å². The molecule has 3 aromatic rings. The first-order valence-corrected chi connectivity index (χ1v) is 12.0. The summed E-state index contributed by atoms with van der Waals surface area (Å²) in [5.41, 5.74) is 1.36. The molecule has 1 atom stereocenters. The van der Waals surface area contributed by atoms with Crippen molar-refractivity contribution in [1.29, 1.82) is 0 Å². The molecule has 14 heteroatoms. The molecule has 180 valence electrons. The zero-order chi connectivity index (χ0) is 24.7. The van der Waals surface area contributed by atoms with Gasteiger partial charge >= 0.3 is 7.82 Å². The number of amides is 2. The normalized spacial score (nSPS) is 12.1. The monoisotopic (exact) mass is 507 g/mol. The standard InChI is InChI=1S/C20H22N5O7PS/c1-12(34)18(26)21-8-9-22-19(27)17-20(25-16-5-3-2-4-15(16)24-17)31-11-13-6-7-14(10-23-13)32-33(28,29)30/h2-7,10,12,34H,8-9,11H2,1H3,(H,21,26)(H,22,27)(H2,28,29,30). The maximum absolute atomic E-state index is 12.7. The van der Waals surface area contributed by atoms with Gasteiger partial charge in [-0.3, -0.25) is 24.4 Å². The maximum atomic E-state index is 12.7. The van der Waals surface area contributed by atoms with Gasteiger partial charge in [0.1, 0.15) is 12.4 Å². The highest BCUT2D eigenvalue weighted by molar-refractivity contribution is 7.81. The Morgan fingerprint density at radius 1 is 1.09 bits per heavy atom. The average molecular weight is 507 g/mol. The van der Waals surface area contributed by atoms with E-state index in [1.54, 1.807) is 31.2 Å². The predicted molar refractivity (Wildman–Crippen MR) is 125 cm³/mol. The number of carbonyl (C=O) groups excluding carboxylic acids is 2. The summed E-state index contributed by atoms with van der Waals surface area (Å²) in [5, 5.41) is 4.83. The van der Waals surface area contributed by atoms with Crippen LogP contribution >= 0.6 is 20.5 Å². The van der Waals surface area contributed by atoms with Gasteiger partial charge in [-0.1, -0.05) is 12.1 Å². The third-order valence-electron chi connectivity index (χ3n) is 4.22. The number of phosphoric ester groups is 1. The van der Waals surface area contributed by atoms with E-state index in [4.69, 9.17) is 14.5 Å². The Balaban J connectivity index is 1.71. The summed E-state index contributed by atoms with van der Waals surface area (Å²) in [6.07, 6.45) is 1.14. The zero-order valence-electron chi connectivity index (χ0n) is 17.9. The summed E-state index contributed by atoms with van der Waals surface area (Å²) >= 11 is 4.04. The number of benzene rings is 1. The second-order valence-corrected chi connectivity index (χ2v) is 8.88. The number of para-hydroxylation sites is 2. The fraction of sp³-hybridized carbons (Fsp3) is 0.250. The first-order valence-electron chi connectivity index (χ1n) is 9.96. The van der Waals surface area contributed by atoms with Crippen LogP contribution in [0, 0.1) is 0 Å². The van der Waals surface area contributed by atoms with E-state index in [1.165, 1.54) is 12.1 Å². The van der Waals surface area contributed by atoms with E-state index in [0.29, 0.717) is 16.7 Å². The van der Waals surface area contributed by atoms with Crippen LogP contribution in [-0.2, 0) is 16.0 Å². The van der Waals surface area contributed by atoms with Crippen molar-refractivity contribution in [2.24, 2.45) is 0 Å². The van der Waals surface area contributed by atoms with Crippen LogP contribution in [0.5, 0.6) is 11.6 Å². The number of hydrogen-bond donors (Lipinski definition) is 5. The van der Waals surface area contributed by atoms with Crippen LogP contribution in [0.15, 0.2) is 42.6 Å². The summed E-state index contributed by atoms with van der Waals surface area (Å²) < 4.78 is 21.1. The molecule has 2 aromatic heterocycles. The molecule has 0 fully saturated rings.